The van der Waals surface area contributed by atoms with E-state index >= 15 is 0 Å². The van der Waals surface area contributed by atoms with E-state index < -0.39 is 0 Å². The van der Waals surface area contributed by atoms with Gasteiger partial charge in [-0.25, -0.2) is 0 Å². The molecule has 0 heterocycles. The summed E-state index contributed by atoms with van der Waals surface area (Å²) in [6.45, 7) is 0.969. The molecule has 4 heteroatoms. The molecule has 0 radical (unpaired) electrons. The zero-order chi connectivity index (χ0) is 14.4. The number of ether oxygens (including phenoxy) is 2. The predicted octanol–water partition coefficient (Wildman–Crippen LogP) is 3.43. The van der Waals surface area contributed by atoms with E-state index in [1.165, 1.54) is 0 Å². The molecule has 0 saturated heterocycles. The van der Waals surface area contributed by atoms with Crippen molar-refractivity contribution < 1.29 is 9.47 Å². The number of halogens is 1. The zero-order valence-electron chi connectivity index (χ0n) is 11.4. The number of methoxy groups -OCH3 is 1. The van der Waals surface area contributed by atoms with Crippen molar-refractivity contribution >= 4 is 11.6 Å². The van der Waals surface area contributed by atoms with Gasteiger partial charge in [0.25, 0.3) is 0 Å². The molecule has 2 N–H and O–H groups in total. The molecule has 0 amide bonds. The van der Waals surface area contributed by atoms with E-state index in [4.69, 9.17) is 26.8 Å². The number of benzene rings is 2. The van der Waals surface area contributed by atoms with Crippen LogP contribution in [0.1, 0.15) is 11.1 Å². The molecule has 0 saturated carbocycles. The second kappa shape index (κ2) is 7.17. The molecule has 0 spiro atoms. The van der Waals surface area contributed by atoms with E-state index in [1.807, 2.05) is 42.5 Å². The molecule has 2 aromatic carbocycles. The molecule has 106 valence electrons. The van der Waals surface area contributed by atoms with Gasteiger partial charge in [-0.2, -0.15) is 0 Å². The minimum absolute atomic E-state index is 0.408. The summed E-state index contributed by atoms with van der Waals surface area (Å²) in [7, 11) is 1.65. The number of hydrogen-bond acceptors (Lipinski definition) is 3. The fraction of sp³-hybridized carbons (Fsp3) is 0.250. The molecule has 0 unspecified atom stereocenters. The van der Waals surface area contributed by atoms with E-state index in [0.717, 1.165) is 23.3 Å². The van der Waals surface area contributed by atoms with Gasteiger partial charge in [-0.3, -0.25) is 0 Å². The topological polar surface area (TPSA) is 44.5 Å². The molecule has 0 aliphatic heterocycles. The monoisotopic (exact) mass is 291 g/mol. The second-order valence-corrected chi connectivity index (χ2v) is 4.77. The summed E-state index contributed by atoms with van der Waals surface area (Å²) in [4.78, 5) is 0. The summed E-state index contributed by atoms with van der Waals surface area (Å²) in [5.41, 5.74) is 7.62. The van der Waals surface area contributed by atoms with Crippen LogP contribution >= 0.6 is 11.6 Å². The number of nitrogens with two attached hydrogens (primary N) is 1. The van der Waals surface area contributed by atoms with E-state index in [1.54, 1.807) is 7.11 Å². The molecule has 0 aromatic heterocycles. The van der Waals surface area contributed by atoms with Gasteiger partial charge in [-0.05, 0) is 30.7 Å². The maximum Gasteiger partial charge on any atom is 0.141 e. The fourth-order valence-electron chi connectivity index (χ4n) is 2.04. The Morgan fingerprint density at radius 2 is 1.80 bits per heavy atom. The Morgan fingerprint density at radius 1 is 1.05 bits per heavy atom. The lowest BCUT2D eigenvalue weighted by Crippen LogP contribution is -2.06. The first-order chi connectivity index (χ1) is 9.76. The van der Waals surface area contributed by atoms with Crippen molar-refractivity contribution in [3.05, 3.63) is 58.6 Å². The quantitative estimate of drug-likeness (QED) is 0.887. The van der Waals surface area contributed by atoms with Gasteiger partial charge in [0.1, 0.15) is 18.1 Å². The molecule has 0 aliphatic carbocycles. The van der Waals surface area contributed by atoms with Gasteiger partial charge in [0.05, 0.1) is 12.1 Å². The van der Waals surface area contributed by atoms with Crippen LogP contribution in [0.4, 0.5) is 0 Å². The average Bonchev–Trinajstić information content (AvgIpc) is 2.47. The highest BCUT2D eigenvalue weighted by atomic mass is 35.5. The highest BCUT2D eigenvalue weighted by Gasteiger charge is 2.09. The van der Waals surface area contributed by atoms with E-state index in [0.29, 0.717) is 23.9 Å². The van der Waals surface area contributed by atoms with Gasteiger partial charge in [0, 0.05) is 5.56 Å². The minimum atomic E-state index is 0.408. The van der Waals surface area contributed by atoms with Crippen LogP contribution in [-0.4, -0.2) is 13.7 Å². The van der Waals surface area contributed by atoms with E-state index in [2.05, 4.69) is 0 Å². The molecule has 2 aromatic rings. The highest BCUT2D eigenvalue weighted by molar-refractivity contribution is 6.32. The first kappa shape index (κ1) is 14.7. The largest absolute Gasteiger partial charge is 0.496 e. The maximum atomic E-state index is 6.21. The van der Waals surface area contributed by atoms with Gasteiger partial charge in [0.15, 0.2) is 0 Å². The third-order valence-corrected chi connectivity index (χ3v) is 3.32. The molecular formula is C16H18ClNO2. The maximum absolute atomic E-state index is 6.21. The molecular weight excluding hydrogens is 274 g/mol. The lowest BCUT2D eigenvalue weighted by atomic mass is 10.1. The first-order valence-electron chi connectivity index (χ1n) is 6.48. The van der Waals surface area contributed by atoms with Crippen molar-refractivity contribution in [3.63, 3.8) is 0 Å². The van der Waals surface area contributed by atoms with Gasteiger partial charge in [0.2, 0.25) is 0 Å². The number of rotatable bonds is 6. The number of para-hydroxylation sites is 2. The Hall–Kier alpha value is -1.71. The Balaban J connectivity index is 2.18. The Morgan fingerprint density at radius 3 is 2.55 bits per heavy atom. The van der Waals surface area contributed by atoms with Crippen LogP contribution in [0.5, 0.6) is 11.5 Å². The first-order valence-corrected chi connectivity index (χ1v) is 6.86. The normalized spacial score (nSPS) is 10.3. The number of hydrogen-bond donors (Lipinski definition) is 1. The summed E-state index contributed by atoms with van der Waals surface area (Å²) in [5, 5.41) is 0.603. The molecule has 0 aliphatic rings. The minimum Gasteiger partial charge on any atom is -0.496 e. The van der Waals surface area contributed by atoms with Crippen LogP contribution in [-0.2, 0) is 13.0 Å². The molecule has 2 rings (SSSR count). The summed E-state index contributed by atoms with van der Waals surface area (Å²) in [6.07, 6.45) is 0.738. The van der Waals surface area contributed by atoms with Crippen molar-refractivity contribution in [2.45, 2.75) is 13.0 Å². The second-order valence-electron chi connectivity index (χ2n) is 4.37. The van der Waals surface area contributed by atoms with Crippen molar-refractivity contribution in [1.82, 2.24) is 0 Å². The third-order valence-electron chi connectivity index (χ3n) is 3.03. The van der Waals surface area contributed by atoms with Crippen LogP contribution in [0.2, 0.25) is 5.02 Å². The Bertz CT molecular complexity index is 572. The van der Waals surface area contributed by atoms with Gasteiger partial charge in [-0.1, -0.05) is 41.9 Å². The third kappa shape index (κ3) is 3.44. The fourth-order valence-corrected chi connectivity index (χ4v) is 2.29. The van der Waals surface area contributed by atoms with Crippen molar-refractivity contribution in [1.29, 1.82) is 0 Å². The molecule has 0 fully saturated rings. The molecule has 20 heavy (non-hydrogen) atoms. The Kier molecular flexibility index (Phi) is 5.27. The SMILES string of the molecule is COc1ccccc1COc1c(Cl)cccc1CCN. The van der Waals surface area contributed by atoms with E-state index in [9.17, 15) is 0 Å². The molecule has 0 atom stereocenters. The smallest absolute Gasteiger partial charge is 0.141 e. The van der Waals surface area contributed by atoms with Crippen LogP contribution in [0, 0.1) is 0 Å². The van der Waals surface area contributed by atoms with Gasteiger partial charge >= 0.3 is 0 Å². The van der Waals surface area contributed by atoms with Crippen LogP contribution in [0.15, 0.2) is 42.5 Å². The van der Waals surface area contributed by atoms with Crippen LogP contribution in [0.3, 0.4) is 0 Å². The summed E-state index contributed by atoms with van der Waals surface area (Å²) < 4.78 is 11.2. The molecule has 0 bridgehead atoms. The van der Waals surface area contributed by atoms with Crippen molar-refractivity contribution in [2.24, 2.45) is 5.73 Å². The van der Waals surface area contributed by atoms with E-state index in [-0.39, 0.29) is 0 Å². The standard InChI is InChI=1S/C16H18ClNO2/c1-19-15-8-3-2-5-13(15)11-20-16-12(9-10-18)6-4-7-14(16)17/h2-8H,9-11,18H2,1H3. The summed E-state index contributed by atoms with van der Waals surface area (Å²) in [5.74, 6) is 1.51. The van der Waals surface area contributed by atoms with Gasteiger partial charge < -0.3 is 15.2 Å². The average molecular weight is 292 g/mol. The van der Waals surface area contributed by atoms with Crippen molar-refractivity contribution in [2.75, 3.05) is 13.7 Å². The predicted molar refractivity (Wildman–Crippen MR) is 81.5 cm³/mol. The molecule has 3 nitrogen and oxygen atoms in total. The van der Waals surface area contributed by atoms with Crippen molar-refractivity contribution in [3.8, 4) is 11.5 Å². The lowest BCUT2D eigenvalue weighted by Gasteiger charge is -2.14. The zero-order valence-corrected chi connectivity index (χ0v) is 12.2. The van der Waals surface area contributed by atoms with Gasteiger partial charge in [-0.15, -0.1) is 0 Å². The van der Waals surface area contributed by atoms with Crippen LogP contribution in [0.25, 0.3) is 0 Å². The Labute approximate surface area is 124 Å². The lowest BCUT2D eigenvalue weighted by molar-refractivity contribution is 0.294. The van der Waals surface area contributed by atoms with Crippen LogP contribution < -0.4 is 15.2 Å². The highest BCUT2D eigenvalue weighted by Crippen LogP contribution is 2.30. The summed E-state index contributed by atoms with van der Waals surface area (Å²) in [6, 6.07) is 13.5. The summed E-state index contributed by atoms with van der Waals surface area (Å²) >= 11 is 6.21.